The van der Waals surface area contributed by atoms with Crippen LogP contribution in [-0.2, 0) is 13.0 Å². The maximum atomic E-state index is 5.81. The van der Waals surface area contributed by atoms with E-state index in [-0.39, 0.29) is 0 Å². The first-order valence-corrected chi connectivity index (χ1v) is 7.70. The molecule has 0 amide bonds. The van der Waals surface area contributed by atoms with Crippen molar-refractivity contribution in [3.8, 4) is 0 Å². The van der Waals surface area contributed by atoms with Crippen LogP contribution >= 0.6 is 0 Å². The summed E-state index contributed by atoms with van der Waals surface area (Å²) in [5.74, 6) is 0. The van der Waals surface area contributed by atoms with Crippen LogP contribution in [-0.4, -0.2) is 49.6 Å². The van der Waals surface area contributed by atoms with Gasteiger partial charge in [-0.1, -0.05) is 24.3 Å². The van der Waals surface area contributed by atoms with Gasteiger partial charge in [0.1, 0.15) is 0 Å². The predicted octanol–water partition coefficient (Wildman–Crippen LogP) is 2.10. The standard InChI is InChI=1S/C17H29N3/c1-19(2)17(10-6-11-17)14-20(3)12-9-15-7-4-5-8-16(15)13-18/h4-5,7-8H,6,9-14,18H2,1-3H3. The third kappa shape index (κ3) is 3.40. The minimum absolute atomic E-state index is 0.419. The molecule has 0 spiro atoms. The molecule has 112 valence electrons. The quantitative estimate of drug-likeness (QED) is 0.827. The van der Waals surface area contributed by atoms with Gasteiger partial charge in [-0.25, -0.2) is 0 Å². The van der Waals surface area contributed by atoms with Crippen LogP contribution in [0.2, 0.25) is 0 Å². The Hall–Kier alpha value is -0.900. The molecule has 0 heterocycles. The van der Waals surface area contributed by atoms with Gasteiger partial charge in [0.25, 0.3) is 0 Å². The smallest absolute Gasteiger partial charge is 0.0330 e. The molecule has 2 N–H and O–H groups in total. The van der Waals surface area contributed by atoms with Gasteiger partial charge in [-0.15, -0.1) is 0 Å². The van der Waals surface area contributed by atoms with Crippen molar-refractivity contribution in [2.75, 3.05) is 34.2 Å². The summed E-state index contributed by atoms with van der Waals surface area (Å²) < 4.78 is 0. The van der Waals surface area contributed by atoms with E-state index in [1.807, 2.05) is 0 Å². The van der Waals surface area contributed by atoms with E-state index in [0.29, 0.717) is 12.1 Å². The number of nitrogens with zero attached hydrogens (tertiary/aromatic N) is 2. The highest BCUT2D eigenvalue weighted by atomic mass is 15.2. The zero-order valence-electron chi connectivity index (χ0n) is 13.2. The van der Waals surface area contributed by atoms with Crippen molar-refractivity contribution in [3.63, 3.8) is 0 Å². The molecule has 1 aliphatic rings. The summed E-state index contributed by atoms with van der Waals surface area (Å²) in [5.41, 5.74) is 8.91. The Kier molecular flexibility index (Phi) is 5.19. The second-order valence-corrected chi connectivity index (χ2v) is 6.43. The second-order valence-electron chi connectivity index (χ2n) is 6.43. The van der Waals surface area contributed by atoms with Gasteiger partial charge in [-0.2, -0.15) is 0 Å². The van der Waals surface area contributed by atoms with Gasteiger partial charge in [-0.3, -0.25) is 0 Å². The minimum atomic E-state index is 0.419. The molecule has 1 aliphatic carbocycles. The Balaban J connectivity index is 1.87. The van der Waals surface area contributed by atoms with Crippen molar-refractivity contribution >= 4 is 0 Å². The van der Waals surface area contributed by atoms with Gasteiger partial charge in [0, 0.05) is 25.2 Å². The van der Waals surface area contributed by atoms with Gasteiger partial charge in [-0.05, 0) is 58.0 Å². The van der Waals surface area contributed by atoms with Crippen LogP contribution in [0.4, 0.5) is 0 Å². The molecule has 2 rings (SSSR count). The molecule has 1 aromatic carbocycles. The molecule has 20 heavy (non-hydrogen) atoms. The Morgan fingerprint density at radius 2 is 1.75 bits per heavy atom. The predicted molar refractivity (Wildman–Crippen MR) is 85.8 cm³/mol. The average molecular weight is 275 g/mol. The van der Waals surface area contributed by atoms with Crippen molar-refractivity contribution in [2.24, 2.45) is 5.73 Å². The molecule has 3 heteroatoms. The van der Waals surface area contributed by atoms with E-state index in [0.717, 1.165) is 13.0 Å². The van der Waals surface area contributed by atoms with Gasteiger partial charge < -0.3 is 15.5 Å². The number of benzene rings is 1. The summed E-state index contributed by atoms with van der Waals surface area (Å²) in [5, 5.41) is 0. The normalized spacial score (nSPS) is 17.5. The van der Waals surface area contributed by atoms with Crippen LogP contribution in [0.15, 0.2) is 24.3 Å². The summed E-state index contributed by atoms with van der Waals surface area (Å²) in [6.45, 7) is 2.92. The maximum absolute atomic E-state index is 5.81. The number of hydrogen-bond acceptors (Lipinski definition) is 3. The topological polar surface area (TPSA) is 32.5 Å². The van der Waals surface area contributed by atoms with Crippen molar-refractivity contribution in [1.82, 2.24) is 9.80 Å². The number of rotatable bonds is 7. The zero-order chi connectivity index (χ0) is 14.6. The number of likely N-dealkylation sites (N-methyl/N-ethyl adjacent to an activating group) is 2. The number of hydrogen-bond donors (Lipinski definition) is 1. The summed E-state index contributed by atoms with van der Waals surface area (Å²) >= 11 is 0. The SMILES string of the molecule is CN(CCc1ccccc1CN)CC1(N(C)C)CCC1. The van der Waals surface area contributed by atoms with E-state index in [9.17, 15) is 0 Å². The summed E-state index contributed by atoms with van der Waals surface area (Å²) in [4.78, 5) is 4.90. The minimum Gasteiger partial charge on any atom is -0.326 e. The van der Waals surface area contributed by atoms with Crippen molar-refractivity contribution in [2.45, 2.75) is 37.8 Å². The first-order chi connectivity index (χ1) is 9.57. The summed E-state index contributed by atoms with van der Waals surface area (Å²) in [6.07, 6.45) is 5.14. The molecular formula is C17H29N3. The molecule has 0 unspecified atom stereocenters. The second kappa shape index (κ2) is 6.70. The molecule has 0 aromatic heterocycles. The molecule has 0 saturated heterocycles. The van der Waals surface area contributed by atoms with Gasteiger partial charge >= 0.3 is 0 Å². The monoisotopic (exact) mass is 275 g/mol. The van der Waals surface area contributed by atoms with Crippen LogP contribution < -0.4 is 5.73 Å². The number of nitrogens with two attached hydrogens (primary N) is 1. The highest BCUT2D eigenvalue weighted by molar-refractivity contribution is 5.27. The van der Waals surface area contributed by atoms with Gasteiger partial charge in [0.2, 0.25) is 0 Å². The Labute approximate surface area is 123 Å². The largest absolute Gasteiger partial charge is 0.326 e. The van der Waals surface area contributed by atoms with E-state index >= 15 is 0 Å². The van der Waals surface area contributed by atoms with Crippen LogP contribution in [0.1, 0.15) is 30.4 Å². The highest BCUT2D eigenvalue weighted by Crippen LogP contribution is 2.36. The van der Waals surface area contributed by atoms with Crippen molar-refractivity contribution < 1.29 is 0 Å². The molecular weight excluding hydrogens is 246 g/mol. The van der Waals surface area contributed by atoms with E-state index in [1.54, 1.807) is 0 Å². The maximum Gasteiger partial charge on any atom is 0.0330 e. The van der Waals surface area contributed by atoms with Crippen LogP contribution in [0.5, 0.6) is 0 Å². The fourth-order valence-electron chi connectivity index (χ4n) is 3.22. The third-order valence-electron chi connectivity index (χ3n) is 4.90. The lowest BCUT2D eigenvalue weighted by molar-refractivity contribution is 0.0282. The van der Waals surface area contributed by atoms with Gasteiger partial charge in [0.05, 0.1) is 0 Å². The van der Waals surface area contributed by atoms with Crippen molar-refractivity contribution in [3.05, 3.63) is 35.4 Å². The lowest BCUT2D eigenvalue weighted by Gasteiger charge is -2.49. The lowest BCUT2D eigenvalue weighted by atomic mass is 9.75. The molecule has 0 aliphatic heterocycles. The molecule has 1 fully saturated rings. The summed E-state index contributed by atoms with van der Waals surface area (Å²) in [7, 11) is 6.68. The Morgan fingerprint density at radius 3 is 2.25 bits per heavy atom. The molecule has 1 saturated carbocycles. The molecule has 0 atom stereocenters. The zero-order valence-corrected chi connectivity index (χ0v) is 13.2. The first-order valence-electron chi connectivity index (χ1n) is 7.70. The first kappa shape index (κ1) is 15.5. The molecule has 0 bridgehead atoms. The van der Waals surface area contributed by atoms with E-state index in [1.165, 1.54) is 36.9 Å². The van der Waals surface area contributed by atoms with Crippen LogP contribution in [0, 0.1) is 0 Å². The van der Waals surface area contributed by atoms with Crippen LogP contribution in [0.25, 0.3) is 0 Å². The third-order valence-corrected chi connectivity index (χ3v) is 4.90. The van der Waals surface area contributed by atoms with E-state index in [2.05, 4.69) is 55.2 Å². The summed E-state index contributed by atoms with van der Waals surface area (Å²) in [6, 6.07) is 8.54. The fraction of sp³-hybridized carbons (Fsp3) is 0.647. The Morgan fingerprint density at radius 1 is 1.10 bits per heavy atom. The van der Waals surface area contributed by atoms with Gasteiger partial charge in [0.15, 0.2) is 0 Å². The van der Waals surface area contributed by atoms with Crippen molar-refractivity contribution in [1.29, 1.82) is 0 Å². The molecule has 0 radical (unpaired) electrons. The highest BCUT2D eigenvalue weighted by Gasteiger charge is 2.39. The lowest BCUT2D eigenvalue weighted by Crippen LogP contribution is -2.56. The van der Waals surface area contributed by atoms with E-state index < -0.39 is 0 Å². The molecule has 3 nitrogen and oxygen atoms in total. The molecule has 1 aromatic rings. The van der Waals surface area contributed by atoms with Crippen LogP contribution in [0.3, 0.4) is 0 Å². The fourth-order valence-corrected chi connectivity index (χ4v) is 3.22. The average Bonchev–Trinajstić information content (AvgIpc) is 2.40. The van der Waals surface area contributed by atoms with E-state index in [4.69, 9.17) is 5.73 Å². The Bertz CT molecular complexity index is 424.